The number of anilines is 1. The van der Waals surface area contributed by atoms with E-state index in [2.05, 4.69) is 15.6 Å². The van der Waals surface area contributed by atoms with Crippen molar-refractivity contribution in [1.29, 1.82) is 0 Å². The van der Waals surface area contributed by atoms with Crippen LogP contribution in [-0.4, -0.2) is 56.4 Å². The molecule has 3 aromatic rings. The molecule has 1 aliphatic rings. The summed E-state index contributed by atoms with van der Waals surface area (Å²) in [6.07, 6.45) is 8.18. The fourth-order valence-electron chi connectivity index (χ4n) is 4.75. The number of ketones is 2. The first-order chi connectivity index (χ1) is 20.7. The van der Waals surface area contributed by atoms with Crippen LogP contribution in [0.3, 0.4) is 0 Å². The van der Waals surface area contributed by atoms with E-state index < -0.39 is 42.0 Å². The highest BCUT2D eigenvalue weighted by molar-refractivity contribution is 6.38. The summed E-state index contributed by atoms with van der Waals surface area (Å²) in [6.45, 7) is 0.945. The molecule has 1 aliphatic heterocycles. The fourth-order valence-corrected chi connectivity index (χ4v) is 4.75. The third kappa shape index (κ3) is 7.92. The standard InChI is InChI=1S/C32H31N5O6/c1-23(38)35-26-19-34-31(25-13-6-3-7-14-25)36(32(26)43)21-29(41)33-20-28(40)27(39)15-10-18-37(17-9-8-16-30(37)42)22-24-11-4-2-5-12-24/h2-9,11-14,16-17,19H,10,15,18,20-22H2,1H3,(H-,33,35,38,41)/p+1. The number of benzene rings is 2. The number of nitrogens with one attached hydrogen (secondary N) is 2. The molecule has 4 rings (SSSR count). The van der Waals surface area contributed by atoms with Crippen molar-refractivity contribution in [3.05, 3.63) is 107 Å². The SMILES string of the molecule is CC(=O)Nc1cnc(-c2ccccc2)n(CC(=O)NCC(=O)C(=O)CCC[N+]2(Cc3ccccc3)C=CC=CC2=O)c1=O. The average molecular weight is 583 g/mol. The number of aromatic nitrogens is 2. The van der Waals surface area contributed by atoms with Gasteiger partial charge in [-0.15, -0.1) is 0 Å². The van der Waals surface area contributed by atoms with Gasteiger partial charge in [-0.1, -0.05) is 60.7 Å². The van der Waals surface area contributed by atoms with Crippen LogP contribution in [0.2, 0.25) is 0 Å². The van der Waals surface area contributed by atoms with Gasteiger partial charge in [0.2, 0.25) is 23.4 Å². The molecule has 0 fully saturated rings. The first-order valence-corrected chi connectivity index (χ1v) is 13.8. The van der Waals surface area contributed by atoms with Crippen molar-refractivity contribution in [3.8, 4) is 11.4 Å². The first-order valence-electron chi connectivity index (χ1n) is 13.8. The molecule has 2 aromatic carbocycles. The molecule has 220 valence electrons. The number of carbonyl (C=O) groups excluding carboxylic acids is 5. The number of Topliss-reactive ketones (excluding diaryl/α,β-unsaturated/α-hetero) is 2. The zero-order valence-electron chi connectivity index (χ0n) is 23.7. The molecule has 0 bridgehead atoms. The van der Waals surface area contributed by atoms with Gasteiger partial charge in [0, 0.05) is 37.0 Å². The van der Waals surface area contributed by atoms with E-state index >= 15 is 0 Å². The predicted molar refractivity (Wildman–Crippen MR) is 159 cm³/mol. The molecular formula is C32H32N5O6+. The molecule has 0 saturated heterocycles. The highest BCUT2D eigenvalue weighted by atomic mass is 16.2. The van der Waals surface area contributed by atoms with Crippen molar-refractivity contribution in [2.75, 3.05) is 18.4 Å². The van der Waals surface area contributed by atoms with E-state index in [1.807, 2.05) is 30.3 Å². The number of quaternary nitrogens is 1. The number of allylic oxidation sites excluding steroid dienone is 2. The summed E-state index contributed by atoms with van der Waals surface area (Å²) < 4.78 is 1.10. The van der Waals surface area contributed by atoms with E-state index in [0.29, 0.717) is 18.7 Å². The summed E-state index contributed by atoms with van der Waals surface area (Å²) in [7, 11) is 0. The fraction of sp³-hybridized carbons (Fsp3) is 0.219. The number of hydrogen-bond donors (Lipinski definition) is 2. The van der Waals surface area contributed by atoms with Crippen LogP contribution in [0.1, 0.15) is 25.3 Å². The summed E-state index contributed by atoms with van der Waals surface area (Å²) in [5.74, 6) is -2.54. The van der Waals surface area contributed by atoms with Gasteiger partial charge in [0.05, 0.1) is 19.3 Å². The Morgan fingerprint density at radius 2 is 1.60 bits per heavy atom. The Balaban J connectivity index is 1.36. The third-order valence-corrected chi connectivity index (χ3v) is 6.88. The van der Waals surface area contributed by atoms with E-state index in [-0.39, 0.29) is 34.7 Å². The van der Waals surface area contributed by atoms with E-state index in [1.54, 1.807) is 48.7 Å². The highest BCUT2D eigenvalue weighted by Crippen LogP contribution is 2.22. The average Bonchev–Trinajstić information content (AvgIpc) is 3.00. The molecule has 1 atom stereocenters. The maximum atomic E-state index is 13.1. The van der Waals surface area contributed by atoms with Crippen LogP contribution in [0, 0.1) is 0 Å². The zero-order chi connectivity index (χ0) is 30.8. The van der Waals surface area contributed by atoms with Gasteiger partial charge in [-0.2, -0.15) is 0 Å². The third-order valence-electron chi connectivity index (χ3n) is 6.88. The summed E-state index contributed by atoms with van der Waals surface area (Å²) in [5.41, 5.74) is 0.785. The van der Waals surface area contributed by atoms with Gasteiger partial charge >= 0.3 is 5.91 Å². The minimum absolute atomic E-state index is 0.00278. The monoisotopic (exact) mass is 582 g/mol. The van der Waals surface area contributed by atoms with Gasteiger partial charge in [-0.05, 0) is 12.2 Å². The van der Waals surface area contributed by atoms with Gasteiger partial charge in [0.1, 0.15) is 30.8 Å². The molecule has 0 spiro atoms. The normalized spacial score (nSPS) is 15.6. The Morgan fingerprint density at radius 3 is 2.28 bits per heavy atom. The summed E-state index contributed by atoms with van der Waals surface area (Å²) in [6, 6.07) is 18.3. The van der Waals surface area contributed by atoms with E-state index in [4.69, 9.17) is 0 Å². The molecule has 0 saturated carbocycles. The Kier molecular flexibility index (Phi) is 10.0. The largest absolute Gasteiger partial charge is 0.347 e. The Labute approximate surface area is 248 Å². The highest BCUT2D eigenvalue weighted by Gasteiger charge is 2.34. The van der Waals surface area contributed by atoms with Gasteiger partial charge in [0.15, 0.2) is 0 Å². The molecule has 11 nitrogen and oxygen atoms in total. The lowest BCUT2D eigenvalue weighted by molar-refractivity contribution is -0.815. The van der Waals surface area contributed by atoms with Crippen molar-refractivity contribution in [2.45, 2.75) is 32.9 Å². The predicted octanol–water partition coefficient (Wildman–Crippen LogP) is 2.53. The van der Waals surface area contributed by atoms with E-state index in [1.165, 1.54) is 19.2 Å². The Morgan fingerprint density at radius 1 is 0.907 bits per heavy atom. The quantitative estimate of drug-likeness (QED) is 0.233. The van der Waals surface area contributed by atoms with Gasteiger partial charge in [-0.3, -0.25) is 28.5 Å². The number of hydrogen-bond acceptors (Lipinski definition) is 7. The Bertz CT molecular complexity index is 1650. The van der Waals surface area contributed by atoms with Crippen molar-refractivity contribution in [3.63, 3.8) is 0 Å². The molecule has 1 unspecified atom stereocenters. The van der Waals surface area contributed by atoms with Crippen LogP contribution < -0.4 is 16.2 Å². The molecule has 0 aliphatic carbocycles. The Hall–Kier alpha value is -5.29. The van der Waals surface area contributed by atoms with E-state index in [9.17, 15) is 28.8 Å². The molecule has 1 aromatic heterocycles. The molecule has 3 amide bonds. The lowest BCUT2D eigenvalue weighted by Crippen LogP contribution is -2.48. The minimum Gasteiger partial charge on any atom is -0.347 e. The molecular weight excluding hydrogens is 550 g/mol. The molecule has 2 heterocycles. The second-order valence-electron chi connectivity index (χ2n) is 10.1. The number of nitrogens with zero attached hydrogens (tertiary/aromatic N) is 3. The summed E-state index contributed by atoms with van der Waals surface area (Å²) >= 11 is 0. The molecule has 43 heavy (non-hydrogen) atoms. The molecule has 0 radical (unpaired) electrons. The van der Waals surface area contributed by atoms with Crippen LogP contribution in [0.15, 0.2) is 96.1 Å². The lowest BCUT2D eigenvalue weighted by atomic mass is 10.1. The number of amides is 3. The van der Waals surface area contributed by atoms with Crippen LogP contribution in [0.5, 0.6) is 0 Å². The van der Waals surface area contributed by atoms with Crippen molar-refractivity contribution < 1.29 is 28.5 Å². The zero-order valence-corrected chi connectivity index (χ0v) is 23.7. The lowest BCUT2D eigenvalue weighted by Gasteiger charge is -2.32. The van der Waals surface area contributed by atoms with Crippen LogP contribution in [0.4, 0.5) is 5.69 Å². The van der Waals surface area contributed by atoms with Crippen LogP contribution >= 0.6 is 0 Å². The van der Waals surface area contributed by atoms with Crippen LogP contribution in [-0.2, 0) is 37.1 Å². The topological polar surface area (TPSA) is 144 Å². The molecule has 11 heteroatoms. The first kappa shape index (κ1) is 30.7. The summed E-state index contributed by atoms with van der Waals surface area (Å²) in [5, 5.41) is 4.80. The smallest absolute Gasteiger partial charge is 0.343 e. The summed E-state index contributed by atoms with van der Waals surface area (Å²) in [4.78, 5) is 79.6. The molecule has 2 N–H and O–H groups in total. The van der Waals surface area contributed by atoms with Gasteiger partial charge in [0.25, 0.3) is 5.56 Å². The maximum Gasteiger partial charge on any atom is 0.343 e. The van der Waals surface area contributed by atoms with Crippen molar-refractivity contribution >= 4 is 35.0 Å². The van der Waals surface area contributed by atoms with Crippen molar-refractivity contribution in [2.24, 2.45) is 0 Å². The number of carbonyl (C=O) groups is 5. The van der Waals surface area contributed by atoms with Crippen molar-refractivity contribution in [1.82, 2.24) is 14.9 Å². The number of rotatable bonds is 13. The van der Waals surface area contributed by atoms with Crippen LogP contribution in [0.25, 0.3) is 11.4 Å². The second-order valence-corrected chi connectivity index (χ2v) is 10.1. The minimum atomic E-state index is -0.788. The second kappa shape index (κ2) is 14.1. The van der Waals surface area contributed by atoms with Gasteiger partial charge in [-0.25, -0.2) is 14.3 Å². The maximum absolute atomic E-state index is 13.1. The van der Waals surface area contributed by atoms with Gasteiger partial charge < -0.3 is 10.6 Å². The van der Waals surface area contributed by atoms with E-state index in [0.717, 1.165) is 10.1 Å².